The Labute approximate surface area is 117 Å². The first-order chi connectivity index (χ1) is 9.90. The summed E-state index contributed by atoms with van der Waals surface area (Å²) in [5.41, 5.74) is 1.61. The van der Waals surface area contributed by atoms with Gasteiger partial charge in [0.2, 0.25) is 0 Å². The molecule has 0 spiro atoms. The summed E-state index contributed by atoms with van der Waals surface area (Å²) in [5, 5.41) is 3.46. The number of aromatic amines is 1. The van der Waals surface area contributed by atoms with Crippen LogP contribution in [-0.4, -0.2) is 58.8 Å². The van der Waals surface area contributed by atoms with Gasteiger partial charge in [0, 0.05) is 13.1 Å². The van der Waals surface area contributed by atoms with Crippen LogP contribution >= 0.6 is 0 Å². The molecule has 7 nitrogen and oxygen atoms in total. The second kappa shape index (κ2) is 6.15. The van der Waals surface area contributed by atoms with E-state index in [9.17, 15) is 0 Å². The highest BCUT2D eigenvalue weighted by atomic mass is 16.5. The van der Waals surface area contributed by atoms with E-state index in [0.717, 1.165) is 50.6 Å². The molecule has 0 aliphatic carbocycles. The minimum atomic E-state index is 0.289. The average Bonchev–Trinajstić information content (AvgIpc) is 2.96. The predicted molar refractivity (Wildman–Crippen MR) is 76.8 cm³/mol. The Kier molecular flexibility index (Phi) is 4.08. The van der Waals surface area contributed by atoms with Gasteiger partial charge in [0.25, 0.3) is 0 Å². The molecule has 1 fully saturated rings. The third-order valence-corrected chi connectivity index (χ3v) is 3.51. The Morgan fingerprint density at radius 2 is 2.40 bits per heavy atom. The molecular weight excluding hydrogens is 256 g/mol. The highest BCUT2D eigenvalue weighted by molar-refractivity contribution is 5.82. The molecule has 2 aromatic rings. The Balaban J connectivity index is 1.83. The molecule has 1 atom stereocenters. The number of rotatable bonds is 5. The molecule has 0 amide bonds. The quantitative estimate of drug-likeness (QED) is 0.777. The van der Waals surface area contributed by atoms with Crippen molar-refractivity contribution in [3.05, 3.63) is 12.7 Å². The highest BCUT2D eigenvalue weighted by Gasteiger charge is 2.26. The normalized spacial score (nSPS) is 19.6. The van der Waals surface area contributed by atoms with Crippen molar-refractivity contribution in [2.75, 3.05) is 37.7 Å². The van der Waals surface area contributed by atoms with Crippen molar-refractivity contribution in [3.8, 4) is 0 Å². The maximum absolute atomic E-state index is 5.61. The number of fused-ring (bicyclic) bond motifs is 1. The van der Waals surface area contributed by atoms with E-state index in [1.807, 2.05) is 0 Å². The van der Waals surface area contributed by atoms with Gasteiger partial charge in [-0.3, -0.25) is 0 Å². The van der Waals surface area contributed by atoms with Gasteiger partial charge in [-0.25, -0.2) is 15.0 Å². The van der Waals surface area contributed by atoms with Gasteiger partial charge >= 0.3 is 0 Å². The topological polar surface area (TPSA) is 79.0 Å². The summed E-state index contributed by atoms with van der Waals surface area (Å²) in [6, 6.07) is 0.289. The zero-order valence-electron chi connectivity index (χ0n) is 11.7. The minimum Gasteiger partial charge on any atom is -0.377 e. The summed E-state index contributed by atoms with van der Waals surface area (Å²) in [4.78, 5) is 18.2. The summed E-state index contributed by atoms with van der Waals surface area (Å²) in [5.74, 6) is 0.916. The Morgan fingerprint density at radius 1 is 1.45 bits per heavy atom. The lowest BCUT2D eigenvalue weighted by atomic mass is 10.2. The molecule has 7 heteroatoms. The smallest absolute Gasteiger partial charge is 0.182 e. The fraction of sp³-hybridized carbons (Fsp3) is 0.615. The van der Waals surface area contributed by atoms with Gasteiger partial charge in [0.15, 0.2) is 11.5 Å². The summed E-state index contributed by atoms with van der Waals surface area (Å²) in [7, 11) is 0. The maximum Gasteiger partial charge on any atom is 0.182 e. The van der Waals surface area contributed by atoms with Crippen molar-refractivity contribution in [1.29, 1.82) is 0 Å². The standard InChI is InChI=1S/C13H20N6O/c1-2-3-14-6-10-7-20-5-4-19(10)13-11-12(16-8-15-11)17-9-18-13/h8-10,14H,2-7H2,1H3,(H,15,16,17,18). The second-order valence-electron chi connectivity index (χ2n) is 4.92. The van der Waals surface area contributed by atoms with Crippen LogP contribution < -0.4 is 10.2 Å². The minimum absolute atomic E-state index is 0.289. The molecule has 2 N–H and O–H groups in total. The van der Waals surface area contributed by atoms with Crippen molar-refractivity contribution in [2.45, 2.75) is 19.4 Å². The fourth-order valence-electron chi connectivity index (χ4n) is 2.52. The second-order valence-corrected chi connectivity index (χ2v) is 4.92. The molecular formula is C13H20N6O. The lowest BCUT2D eigenvalue weighted by Crippen LogP contribution is -2.51. The van der Waals surface area contributed by atoms with E-state index >= 15 is 0 Å². The van der Waals surface area contributed by atoms with Crippen LogP contribution in [0.4, 0.5) is 5.82 Å². The average molecular weight is 276 g/mol. The number of H-pyrrole nitrogens is 1. The number of nitrogens with zero attached hydrogens (tertiary/aromatic N) is 4. The SMILES string of the molecule is CCCNCC1COCCN1c1ncnc2nc[nH]c12. The molecule has 3 rings (SSSR count). The van der Waals surface area contributed by atoms with Crippen LogP contribution in [0.2, 0.25) is 0 Å². The van der Waals surface area contributed by atoms with Gasteiger partial charge in [0.1, 0.15) is 11.8 Å². The number of anilines is 1. The number of ether oxygens (including phenoxy) is 1. The van der Waals surface area contributed by atoms with Crippen molar-refractivity contribution >= 4 is 17.0 Å². The lowest BCUT2D eigenvalue weighted by Gasteiger charge is -2.36. The first-order valence-electron chi connectivity index (χ1n) is 7.09. The van der Waals surface area contributed by atoms with Crippen LogP contribution in [0, 0.1) is 0 Å². The molecule has 0 radical (unpaired) electrons. The van der Waals surface area contributed by atoms with Crippen LogP contribution in [0.15, 0.2) is 12.7 Å². The molecule has 1 unspecified atom stereocenters. The summed E-state index contributed by atoms with van der Waals surface area (Å²) in [6.07, 6.45) is 4.37. The van der Waals surface area contributed by atoms with Crippen molar-refractivity contribution < 1.29 is 4.74 Å². The first kappa shape index (κ1) is 13.3. The molecule has 0 aromatic carbocycles. The molecule has 1 aliphatic heterocycles. The zero-order chi connectivity index (χ0) is 13.8. The van der Waals surface area contributed by atoms with Crippen LogP contribution in [-0.2, 0) is 4.74 Å². The number of imidazole rings is 1. The van der Waals surface area contributed by atoms with E-state index in [1.54, 1.807) is 12.7 Å². The summed E-state index contributed by atoms with van der Waals surface area (Å²) in [6.45, 7) is 6.37. The number of hydrogen-bond acceptors (Lipinski definition) is 6. The molecule has 0 saturated carbocycles. The van der Waals surface area contributed by atoms with Crippen LogP contribution in [0.1, 0.15) is 13.3 Å². The van der Waals surface area contributed by atoms with E-state index in [1.165, 1.54) is 0 Å². The van der Waals surface area contributed by atoms with Gasteiger partial charge in [-0.15, -0.1) is 0 Å². The first-order valence-corrected chi connectivity index (χ1v) is 7.09. The predicted octanol–water partition coefficient (Wildman–Crippen LogP) is 0.558. The fourth-order valence-corrected chi connectivity index (χ4v) is 2.52. The molecule has 2 aromatic heterocycles. The van der Waals surface area contributed by atoms with E-state index in [0.29, 0.717) is 5.65 Å². The van der Waals surface area contributed by atoms with E-state index in [2.05, 4.69) is 37.1 Å². The highest BCUT2D eigenvalue weighted by Crippen LogP contribution is 2.23. The Hall–Kier alpha value is -1.73. The Morgan fingerprint density at radius 3 is 3.30 bits per heavy atom. The largest absolute Gasteiger partial charge is 0.377 e. The number of nitrogens with one attached hydrogen (secondary N) is 2. The van der Waals surface area contributed by atoms with Crippen LogP contribution in [0.25, 0.3) is 11.2 Å². The molecule has 1 aliphatic rings. The van der Waals surface area contributed by atoms with Gasteiger partial charge in [-0.2, -0.15) is 0 Å². The monoisotopic (exact) mass is 276 g/mol. The van der Waals surface area contributed by atoms with E-state index in [4.69, 9.17) is 4.74 Å². The number of morpholine rings is 1. The molecule has 3 heterocycles. The molecule has 20 heavy (non-hydrogen) atoms. The van der Waals surface area contributed by atoms with E-state index < -0.39 is 0 Å². The van der Waals surface area contributed by atoms with Crippen molar-refractivity contribution in [2.24, 2.45) is 0 Å². The van der Waals surface area contributed by atoms with Gasteiger partial charge in [-0.05, 0) is 13.0 Å². The molecule has 1 saturated heterocycles. The van der Waals surface area contributed by atoms with Gasteiger partial charge in [0.05, 0.1) is 25.6 Å². The molecule has 0 bridgehead atoms. The summed E-state index contributed by atoms with van der Waals surface area (Å²) >= 11 is 0. The maximum atomic E-state index is 5.61. The van der Waals surface area contributed by atoms with Crippen molar-refractivity contribution in [3.63, 3.8) is 0 Å². The summed E-state index contributed by atoms with van der Waals surface area (Å²) < 4.78 is 5.61. The van der Waals surface area contributed by atoms with Gasteiger partial charge in [-0.1, -0.05) is 6.92 Å². The number of hydrogen-bond donors (Lipinski definition) is 2. The van der Waals surface area contributed by atoms with E-state index in [-0.39, 0.29) is 6.04 Å². The Bertz CT molecular complexity index is 557. The third kappa shape index (κ3) is 2.59. The third-order valence-electron chi connectivity index (χ3n) is 3.51. The van der Waals surface area contributed by atoms with Crippen LogP contribution in [0.3, 0.4) is 0 Å². The number of aromatic nitrogens is 4. The van der Waals surface area contributed by atoms with Gasteiger partial charge < -0.3 is 19.9 Å². The lowest BCUT2D eigenvalue weighted by molar-refractivity contribution is 0.0935. The van der Waals surface area contributed by atoms with Crippen molar-refractivity contribution in [1.82, 2.24) is 25.3 Å². The van der Waals surface area contributed by atoms with Crippen LogP contribution in [0.5, 0.6) is 0 Å². The molecule has 108 valence electrons. The zero-order valence-corrected chi connectivity index (χ0v) is 11.7.